The van der Waals surface area contributed by atoms with Crippen molar-refractivity contribution in [1.82, 2.24) is 4.90 Å². The molecule has 3 N–H and O–H groups in total. The van der Waals surface area contributed by atoms with Crippen LogP contribution in [0.4, 0.5) is 10.1 Å². The molecule has 1 aromatic carbocycles. The summed E-state index contributed by atoms with van der Waals surface area (Å²) >= 11 is 0. The number of nitrogens with zero attached hydrogens (tertiary/aromatic N) is 1. The van der Waals surface area contributed by atoms with E-state index in [1.54, 1.807) is 6.07 Å². The van der Waals surface area contributed by atoms with Crippen molar-refractivity contribution in [3.8, 4) is 0 Å². The Hall–Kier alpha value is -1.13. The summed E-state index contributed by atoms with van der Waals surface area (Å²) in [4.78, 5) is 1.90. The third kappa shape index (κ3) is 3.32. The first-order valence-corrected chi connectivity index (χ1v) is 4.46. The molecular weight excluding hydrogens is 183 g/mol. The van der Waals surface area contributed by atoms with Gasteiger partial charge >= 0.3 is 0 Å². The van der Waals surface area contributed by atoms with Gasteiger partial charge in [0.1, 0.15) is 5.82 Å². The van der Waals surface area contributed by atoms with Crippen molar-refractivity contribution >= 4 is 5.69 Å². The Balaban J connectivity index is 2.66. The van der Waals surface area contributed by atoms with Crippen molar-refractivity contribution in [1.29, 1.82) is 0 Å². The highest BCUT2D eigenvalue weighted by atomic mass is 19.1. The second kappa shape index (κ2) is 4.93. The van der Waals surface area contributed by atoms with Gasteiger partial charge < -0.3 is 10.8 Å². The van der Waals surface area contributed by atoms with Gasteiger partial charge in [-0.15, -0.1) is 0 Å². The predicted molar refractivity (Wildman–Crippen MR) is 54.2 cm³/mol. The van der Waals surface area contributed by atoms with Crippen LogP contribution in [0.5, 0.6) is 0 Å². The van der Waals surface area contributed by atoms with Gasteiger partial charge in [-0.25, -0.2) is 4.39 Å². The van der Waals surface area contributed by atoms with E-state index in [9.17, 15) is 4.39 Å². The quantitative estimate of drug-likeness (QED) is 0.705. The molecule has 0 atom stereocenters. The molecule has 78 valence electrons. The van der Waals surface area contributed by atoms with Crippen LogP contribution in [0.2, 0.25) is 0 Å². The fourth-order valence-corrected chi connectivity index (χ4v) is 1.33. The summed E-state index contributed by atoms with van der Waals surface area (Å²) in [7, 11) is 1.86. The van der Waals surface area contributed by atoms with Gasteiger partial charge in [0.2, 0.25) is 0 Å². The Morgan fingerprint density at radius 2 is 2.14 bits per heavy atom. The molecule has 0 saturated heterocycles. The number of halogens is 1. The molecule has 4 heteroatoms. The smallest absolute Gasteiger partial charge is 0.125 e. The lowest BCUT2D eigenvalue weighted by Crippen LogP contribution is -2.21. The average molecular weight is 198 g/mol. The monoisotopic (exact) mass is 198 g/mol. The van der Waals surface area contributed by atoms with Crippen LogP contribution in [0.25, 0.3) is 0 Å². The fraction of sp³-hybridized carbons (Fsp3) is 0.400. The summed E-state index contributed by atoms with van der Waals surface area (Å²) in [5.41, 5.74) is 6.75. The van der Waals surface area contributed by atoms with Crippen molar-refractivity contribution in [2.24, 2.45) is 0 Å². The second-order valence-electron chi connectivity index (χ2n) is 3.35. The third-order valence-electron chi connectivity index (χ3n) is 1.91. The second-order valence-corrected chi connectivity index (χ2v) is 3.35. The van der Waals surface area contributed by atoms with E-state index in [1.807, 2.05) is 11.9 Å². The van der Waals surface area contributed by atoms with Crippen molar-refractivity contribution in [2.75, 3.05) is 25.9 Å². The van der Waals surface area contributed by atoms with Crippen molar-refractivity contribution in [3.63, 3.8) is 0 Å². The van der Waals surface area contributed by atoms with Gasteiger partial charge in [-0.3, -0.25) is 4.90 Å². The molecule has 0 spiro atoms. The van der Waals surface area contributed by atoms with Gasteiger partial charge in [0.15, 0.2) is 0 Å². The molecule has 1 rings (SSSR count). The molecule has 0 bridgehead atoms. The zero-order valence-corrected chi connectivity index (χ0v) is 8.20. The summed E-state index contributed by atoms with van der Waals surface area (Å²) in [5, 5.41) is 8.68. The average Bonchev–Trinajstić information content (AvgIpc) is 2.01. The van der Waals surface area contributed by atoms with Crippen LogP contribution in [0.15, 0.2) is 18.2 Å². The summed E-state index contributed by atoms with van der Waals surface area (Å²) in [6.07, 6.45) is 0. The number of nitrogen functional groups attached to an aromatic ring is 1. The van der Waals surface area contributed by atoms with Gasteiger partial charge in [-0.05, 0) is 30.8 Å². The predicted octanol–water partition coefficient (Wildman–Crippen LogP) is 0.832. The number of hydrogen-bond acceptors (Lipinski definition) is 3. The number of likely N-dealkylation sites (N-methyl/N-ethyl adjacent to an activating group) is 1. The van der Waals surface area contributed by atoms with Gasteiger partial charge in [-0.1, -0.05) is 0 Å². The van der Waals surface area contributed by atoms with E-state index in [4.69, 9.17) is 10.8 Å². The number of nitrogens with two attached hydrogens (primary N) is 1. The minimum atomic E-state index is -0.322. The Kier molecular flexibility index (Phi) is 3.85. The first kappa shape index (κ1) is 10.9. The summed E-state index contributed by atoms with van der Waals surface area (Å²) in [5.74, 6) is -0.322. The Morgan fingerprint density at radius 1 is 1.43 bits per heavy atom. The molecule has 0 aliphatic carbocycles. The molecular formula is C10H15FN2O. The number of aliphatic hydroxyl groups is 1. The largest absolute Gasteiger partial charge is 0.399 e. The van der Waals surface area contributed by atoms with Crippen LogP contribution in [-0.4, -0.2) is 30.2 Å². The number of anilines is 1. The van der Waals surface area contributed by atoms with Gasteiger partial charge in [0.25, 0.3) is 0 Å². The third-order valence-corrected chi connectivity index (χ3v) is 1.91. The minimum absolute atomic E-state index is 0.0985. The molecule has 1 aromatic rings. The van der Waals surface area contributed by atoms with Crippen molar-refractivity contribution < 1.29 is 9.50 Å². The standard InChI is InChI=1S/C10H15FN2O/c1-13(2-3-14)7-8-4-9(11)6-10(12)5-8/h4-6,14H,2-3,7,12H2,1H3. The highest BCUT2D eigenvalue weighted by Crippen LogP contribution is 2.12. The van der Waals surface area contributed by atoms with Crippen LogP contribution in [0.3, 0.4) is 0 Å². The summed E-state index contributed by atoms with van der Waals surface area (Å²) in [6, 6.07) is 4.47. The van der Waals surface area contributed by atoms with Gasteiger partial charge in [-0.2, -0.15) is 0 Å². The SMILES string of the molecule is CN(CCO)Cc1cc(N)cc(F)c1. The fourth-order valence-electron chi connectivity index (χ4n) is 1.33. The molecule has 0 aliphatic rings. The van der Waals surface area contributed by atoms with E-state index in [0.29, 0.717) is 18.8 Å². The van der Waals surface area contributed by atoms with E-state index in [0.717, 1.165) is 5.56 Å². The van der Waals surface area contributed by atoms with Crippen LogP contribution < -0.4 is 5.73 Å². The molecule has 0 aromatic heterocycles. The molecule has 0 fully saturated rings. The molecule has 0 aliphatic heterocycles. The van der Waals surface area contributed by atoms with Crippen LogP contribution in [-0.2, 0) is 6.54 Å². The zero-order chi connectivity index (χ0) is 10.6. The number of benzene rings is 1. The first-order chi connectivity index (χ1) is 6.61. The van der Waals surface area contributed by atoms with E-state index in [-0.39, 0.29) is 12.4 Å². The van der Waals surface area contributed by atoms with Crippen molar-refractivity contribution in [3.05, 3.63) is 29.6 Å². The van der Waals surface area contributed by atoms with Gasteiger partial charge in [0, 0.05) is 18.8 Å². The summed E-state index contributed by atoms with van der Waals surface area (Å²) in [6.45, 7) is 1.25. The molecule has 0 radical (unpaired) electrons. The van der Waals surface area contributed by atoms with Gasteiger partial charge in [0.05, 0.1) is 6.61 Å². The maximum atomic E-state index is 12.9. The van der Waals surface area contributed by atoms with E-state index < -0.39 is 0 Å². The molecule has 0 heterocycles. The maximum Gasteiger partial charge on any atom is 0.125 e. The first-order valence-electron chi connectivity index (χ1n) is 4.46. The molecule has 0 unspecified atom stereocenters. The number of aliphatic hydroxyl groups excluding tert-OH is 1. The highest BCUT2D eigenvalue weighted by Gasteiger charge is 2.02. The van der Waals surface area contributed by atoms with Crippen LogP contribution >= 0.6 is 0 Å². The molecule has 3 nitrogen and oxygen atoms in total. The van der Waals surface area contributed by atoms with E-state index >= 15 is 0 Å². The lowest BCUT2D eigenvalue weighted by atomic mass is 10.2. The molecule has 0 amide bonds. The number of rotatable bonds is 4. The Morgan fingerprint density at radius 3 is 2.71 bits per heavy atom. The lowest BCUT2D eigenvalue weighted by molar-refractivity contribution is 0.217. The Bertz CT molecular complexity index is 284. The van der Waals surface area contributed by atoms with Crippen LogP contribution in [0, 0.1) is 5.82 Å². The summed E-state index contributed by atoms with van der Waals surface area (Å²) < 4.78 is 12.9. The van der Waals surface area contributed by atoms with E-state index in [2.05, 4.69) is 0 Å². The number of hydrogen-bond donors (Lipinski definition) is 2. The Labute approximate surface area is 83.0 Å². The lowest BCUT2D eigenvalue weighted by Gasteiger charge is -2.15. The van der Waals surface area contributed by atoms with E-state index in [1.165, 1.54) is 12.1 Å². The molecule has 0 saturated carbocycles. The normalized spacial score (nSPS) is 10.9. The topological polar surface area (TPSA) is 49.5 Å². The highest BCUT2D eigenvalue weighted by molar-refractivity contribution is 5.41. The zero-order valence-electron chi connectivity index (χ0n) is 8.20. The maximum absolute atomic E-state index is 12.9. The minimum Gasteiger partial charge on any atom is -0.399 e. The molecule has 14 heavy (non-hydrogen) atoms. The van der Waals surface area contributed by atoms with Crippen LogP contribution in [0.1, 0.15) is 5.56 Å². The van der Waals surface area contributed by atoms with Crippen molar-refractivity contribution in [2.45, 2.75) is 6.54 Å².